The molecule has 0 atom stereocenters. The lowest BCUT2D eigenvalue weighted by atomic mass is 10.0. The fraction of sp³-hybridized carbons (Fsp3) is 0.722. The number of aryl methyl sites for hydroxylation is 2. The third-order valence-corrected chi connectivity index (χ3v) is 3.97. The average molecular weight is 424 g/mol. The molecule has 1 rings (SSSR count). The third-order valence-electron chi connectivity index (χ3n) is 3.97. The van der Waals surface area contributed by atoms with Gasteiger partial charge in [-0.25, -0.2) is 4.57 Å². The lowest BCUT2D eigenvalue weighted by Crippen LogP contribution is -2.34. The Labute approximate surface area is 156 Å². The zero-order valence-electron chi connectivity index (χ0n) is 14.2. The summed E-state index contributed by atoms with van der Waals surface area (Å²) < 4.78 is 2.33. The van der Waals surface area contributed by atoms with E-state index >= 15 is 0 Å². The lowest BCUT2D eigenvalue weighted by Gasteiger charge is -2.07. The van der Waals surface area contributed by atoms with Crippen molar-refractivity contribution < 1.29 is 4.57 Å². The molecule has 0 unspecified atom stereocenters. The molecule has 21 heavy (non-hydrogen) atoms. The number of halogens is 1. The molecule has 124 valence electrons. The quantitative estimate of drug-likeness (QED) is 0.266. The zero-order valence-corrected chi connectivity index (χ0v) is 17.5. The van der Waals surface area contributed by atoms with E-state index in [1.165, 1.54) is 64.2 Å². The number of hydrogen-bond acceptors (Lipinski definition) is 0. The van der Waals surface area contributed by atoms with E-state index in [0.29, 0.717) is 0 Å². The van der Waals surface area contributed by atoms with Gasteiger partial charge in [0, 0.05) is 18.1 Å². The van der Waals surface area contributed by atoms with Crippen LogP contribution >= 0.6 is 37.5 Å². The van der Waals surface area contributed by atoms with Crippen LogP contribution < -0.4 is 4.57 Å². The summed E-state index contributed by atoms with van der Waals surface area (Å²) in [5, 5.41) is 0. The van der Waals surface area contributed by atoms with Crippen molar-refractivity contribution in [3.63, 3.8) is 0 Å². The summed E-state index contributed by atoms with van der Waals surface area (Å²) in [6.07, 6.45) is 15.6. The van der Waals surface area contributed by atoms with E-state index < -0.39 is 0 Å². The van der Waals surface area contributed by atoms with E-state index in [1.807, 2.05) is 0 Å². The van der Waals surface area contributed by atoms with E-state index in [9.17, 15) is 0 Å². The summed E-state index contributed by atoms with van der Waals surface area (Å²) in [7, 11) is 2.20. The van der Waals surface area contributed by atoms with Crippen molar-refractivity contribution in [3.05, 3.63) is 29.6 Å². The van der Waals surface area contributed by atoms with Gasteiger partial charge in [0.1, 0.15) is 7.05 Å². The molecule has 1 heterocycles. The van der Waals surface area contributed by atoms with Crippen molar-refractivity contribution >= 4 is 37.5 Å². The molecule has 0 N–H and O–H groups in total. The summed E-state index contributed by atoms with van der Waals surface area (Å²) in [6, 6.07) is 4.53. The molecular formula is C18H35INS+. The zero-order chi connectivity index (χ0) is 13.9. The van der Waals surface area contributed by atoms with E-state index in [4.69, 9.17) is 0 Å². The summed E-state index contributed by atoms with van der Waals surface area (Å²) in [5.74, 6) is 0. The molecule has 1 aromatic heterocycles. The number of aromatic nitrogens is 1. The van der Waals surface area contributed by atoms with Crippen molar-refractivity contribution in [2.45, 2.75) is 78.1 Å². The SMILES string of the molecule is CCCCCCc1ccc[n+](C)c1CCCCCC.I.S. The molecule has 0 aliphatic rings. The van der Waals surface area contributed by atoms with Crippen LogP contribution in [0.4, 0.5) is 0 Å². The summed E-state index contributed by atoms with van der Waals surface area (Å²) in [6.45, 7) is 4.56. The second kappa shape index (κ2) is 15.1. The van der Waals surface area contributed by atoms with Crippen LogP contribution in [0.25, 0.3) is 0 Å². The maximum atomic E-state index is 2.33. The molecule has 0 fully saturated rings. The highest BCUT2D eigenvalue weighted by atomic mass is 127. The van der Waals surface area contributed by atoms with Crippen LogP contribution in [0, 0.1) is 0 Å². The first-order valence-corrected chi connectivity index (χ1v) is 8.26. The van der Waals surface area contributed by atoms with Crippen LogP contribution in [0.3, 0.4) is 0 Å². The smallest absolute Gasteiger partial charge is 0.184 e. The Morgan fingerprint density at radius 2 is 1.43 bits per heavy atom. The molecule has 0 bridgehead atoms. The molecule has 0 spiro atoms. The van der Waals surface area contributed by atoms with Gasteiger partial charge >= 0.3 is 0 Å². The fourth-order valence-electron chi connectivity index (χ4n) is 2.73. The van der Waals surface area contributed by atoms with Gasteiger partial charge < -0.3 is 0 Å². The van der Waals surface area contributed by atoms with Crippen LogP contribution in [0.15, 0.2) is 18.3 Å². The monoisotopic (exact) mass is 424 g/mol. The van der Waals surface area contributed by atoms with Crippen molar-refractivity contribution in [1.82, 2.24) is 0 Å². The molecule has 0 aliphatic heterocycles. The van der Waals surface area contributed by atoms with Crippen molar-refractivity contribution in [2.24, 2.45) is 7.05 Å². The van der Waals surface area contributed by atoms with E-state index in [-0.39, 0.29) is 37.5 Å². The van der Waals surface area contributed by atoms with Gasteiger partial charge in [-0.3, -0.25) is 0 Å². The Bertz CT molecular complexity index is 355. The minimum Gasteiger partial charge on any atom is -0.205 e. The Morgan fingerprint density at radius 3 is 2.00 bits per heavy atom. The molecule has 0 aliphatic carbocycles. The molecule has 3 heteroatoms. The van der Waals surface area contributed by atoms with E-state index in [1.54, 1.807) is 11.3 Å². The highest BCUT2D eigenvalue weighted by Gasteiger charge is 2.12. The molecule has 0 radical (unpaired) electrons. The predicted molar refractivity (Wildman–Crippen MR) is 109 cm³/mol. The van der Waals surface area contributed by atoms with Gasteiger partial charge in [-0.15, -0.1) is 24.0 Å². The normalized spacial score (nSPS) is 9.86. The lowest BCUT2D eigenvalue weighted by molar-refractivity contribution is -0.679. The highest BCUT2D eigenvalue weighted by molar-refractivity contribution is 14.0. The van der Waals surface area contributed by atoms with Gasteiger partial charge in [0.2, 0.25) is 0 Å². The molecular weight excluding hydrogens is 389 g/mol. The first-order chi connectivity index (χ1) is 9.29. The number of rotatable bonds is 10. The van der Waals surface area contributed by atoms with Crippen LogP contribution in [0.1, 0.15) is 76.5 Å². The number of unbranched alkanes of at least 4 members (excludes halogenated alkanes) is 6. The van der Waals surface area contributed by atoms with Crippen LogP contribution in [0.5, 0.6) is 0 Å². The highest BCUT2D eigenvalue weighted by Crippen LogP contribution is 2.13. The summed E-state index contributed by atoms with van der Waals surface area (Å²) in [4.78, 5) is 0. The van der Waals surface area contributed by atoms with Gasteiger partial charge in [0.05, 0.1) is 0 Å². The predicted octanol–water partition coefficient (Wildman–Crippen LogP) is 5.49. The Balaban J connectivity index is 0. The first kappa shape index (κ1) is 23.5. The van der Waals surface area contributed by atoms with Crippen LogP contribution in [-0.2, 0) is 19.9 Å². The van der Waals surface area contributed by atoms with Gasteiger partial charge in [-0.2, -0.15) is 13.5 Å². The summed E-state index contributed by atoms with van der Waals surface area (Å²) >= 11 is 0. The minimum atomic E-state index is 0. The van der Waals surface area contributed by atoms with Crippen molar-refractivity contribution in [2.75, 3.05) is 0 Å². The van der Waals surface area contributed by atoms with Crippen LogP contribution in [0.2, 0.25) is 0 Å². The summed E-state index contributed by atoms with van der Waals surface area (Å²) in [5.41, 5.74) is 3.15. The number of hydrogen-bond donors (Lipinski definition) is 0. The molecule has 0 amide bonds. The fourth-order valence-corrected chi connectivity index (χ4v) is 2.73. The second-order valence-electron chi connectivity index (χ2n) is 5.71. The van der Waals surface area contributed by atoms with E-state index in [2.05, 4.69) is 43.8 Å². The van der Waals surface area contributed by atoms with Crippen molar-refractivity contribution in [1.29, 1.82) is 0 Å². The molecule has 0 saturated heterocycles. The molecule has 1 nitrogen and oxygen atoms in total. The first-order valence-electron chi connectivity index (χ1n) is 8.26. The maximum Gasteiger partial charge on any atom is 0.184 e. The third kappa shape index (κ3) is 9.77. The van der Waals surface area contributed by atoms with Crippen LogP contribution in [-0.4, -0.2) is 0 Å². The van der Waals surface area contributed by atoms with Gasteiger partial charge in [-0.05, 0) is 25.3 Å². The average Bonchev–Trinajstić information content (AvgIpc) is 2.42. The minimum absolute atomic E-state index is 0. The Morgan fingerprint density at radius 1 is 0.857 bits per heavy atom. The largest absolute Gasteiger partial charge is 0.205 e. The Hall–Kier alpha value is 0.230. The topological polar surface area (TPSA) is 3.88 Å². The standard InChI is InChI=1S/C18H32N.HI.H2S/c1-4-6-8-10-13-17-14-12-16-19(3)18(17)15-11-9-7-5-2;;/h12,14,16H,4-11,13,15H2,1-3H3;1H;1H2/q+1;;. The van der Waals surface area contributed by atoms with Crippen molar-refractivity contribution in [3.8, 4) is 0 Å². The van der Waals surface area contributed by atoms with E-state index in [0.717, 1.165) is 0 Å². The molecule has 1 aromatic rings. The molecule has 0 aromatic carbocycles. The maximum absolute atomic E-state index is 2.33. The Kier molecular flexibility index (Phi) is 16.9. The second-order valence-corrected chi connectivity index (χ2v) is 5.71. The van der Waals surface area contributed by atoms with Gasteiger partial charge in [0.25, 0.3) is 0 Å². The number of pyridine rings is 1. The molecule has 0 saturated carbocycles. The van der Waals surface area contributed by atoms with Gasteiger partial charge in [-0.1, -0.05) is 52.4 Å². The number of nitrogens with zero attached hydrogens (tertiary/aromatic N) is 1. The van der Waals surface area contributed by atoms with Gasteiger partial charge in [0.15, 0.2) is 11.9 Å².